The van der Waals surface area contributed by atoms with Crippen LogP contribution in [0.25, 0.3) is 27.1 Å². The Morgan fingerprint density at radius 2 is 2.17 bits per heavy atom. The van der Waals surface area contributed by atoms with Gasteiger partial charge in [0.15, 0.2) is 4.96 Å². The Labute approximate surface area is 108 Å². The van der Waals surface area contributed by atoms with Crippen LogP contribution in [0.3, 0.4) is 0 Å². The zero-order valence-electron chi connectivity index (χ0n) is 9.84. The fourth-order valence-corrected chi connectivity index (χ4v) is 3.15. The Morgan fingerprint density at radius 1 is 1.28 bits per heavy atom. The maximum atomic E-state index is 4.69. The Bertz CT molecular complexity index is 822. The zero-order valence-corrected chi connectivity index (χ0v) is 10.7. The molecule has 0 fully saturated rings. The number of hydrogen-bond donors (Lipinski definition) is 1. The van der Waals surface area contributed by atoms with Crippen molar-refractivity contribution in [2.75, 3.05) is 0 Å². The second-order valence-corrected chi connectivity index (χ2v) is 5.26. The van der Waals surface area contributed by atoms with Crippen LogP contribution in [0, 0.1) is 6.92 Å². The fourth-order valence-electron chi connectivity index (χ4n) is 2.45. The average Bonchev–Trinajstić information content (AvgIpc) is 2.98. The van der Waals surface area contributed by atoms with Gasteiger partial charge in [-0.15, -0.1) is 11.3 Å². The van der Waals surface area contributed by atoms with E-state index < -0.39 is 0 Å². The second kappa shape index (κ2) is 3.46. The van der Waals surface area contributed by atoms with Gasteiger partial charge in [-0.25, -0.2) is 4.98 Å². The first-order valence-corrected chi connectivity index (χ1v) is 6.71. The van der Waals surface area contributed by atoms with E-state index in [-0.39, 0.29) is 0 Å². The van der Waals surface area contributed by atoms with Crippen molar-refractivity contribution >= 4 is 27.2 Å². The van der Waals surface area contributed by atoms with Crippen LogP contribution in [0.5, 0.6) is 0 Å². The van der Waals surface area contributed by atoms with E-state index in [1.165, 1.54) is 22.2 Å². The van der Waals surface area contributed by atoms with Gasteiger partial charge < -0.3 is 4.98 Å². The highest BCUT2D eigenvalue weighted by molar-refractivity contribution is 7.15. The smallest absolute Gasteiger partial charge is 0.194 e. The third-order valence-corrected chi connectivity index (χ3v) is 4.01. The maximum absolute atomic E-state index is 4.69. The molecule has 0 saturated carbocycles. The minimum atomic E-state index is 1.04. The van der Waals surface area contributed by atoms with Crippen LogP contribution in [0.4, 0.5) is 0 Å². The number of aromatic amines is 1. The molecule has 1 aromatic carbocycles. The van der Waals surface area contributed by atoms with Gasteiger partial charge in [-0.2, -0.15) is 0 Å². The number of para-hydroxylation sites is 1. The van der Waals surface area contributed by atoms with Gasteiger partial charge >= 0.3 is 0 Å². The number of rotatable bonds is 1. The molecular weight excluding hydrogens is 242 g/mol. The quantitative estimate of drug-likeness (QED) is 0.549. The Morgan fingerprint density at radius 3 is 3.06 bits per heavy atom. The summed E-state index contributed by atoms with van der Waals surface area (Å²) in [5.74, 6) is 0. The summed E-state index contributed by atoms with van der Waals surface area (Å²) in [6.07, 6.45) is 4.13. The van der Waals surface area contributed by atoms with Gasteiger partial charge in [-0.1, -0.05) is 18.2 Å². The predicted octanol–water partition coefficient (Wildman–Crippen LogP) is 3.85. The number of H-pyrrole nitrogens is 1. The molecule has 4 heteroatoms. The van der Waals surface area contributed by atoms with Crippen LogP contribution >= 0.6 is 11.3 Å². The van der Waals surface area contributed by atoms with Crippen LogP contribution in [-0.4, -0.2) is 14.4 Å². The van der Waals surface area contributed by atoms with Crippen LogP contribution in [0.15, 0.2) is 42.0 Å². The van der Waals surface area contributed by atoms with E-state index in [0.717, 1.165) is 10.7 Å². The molecule has 1 N–H and O–H groups in total. The van der Waals surface area contributed by atoms with E-state index in [1.54, 1.807) is 11.3 Å². The van der Waals surface area contributed by atoms with E-state index in [2.05, 4.69) is 45.7 Å². The summed E-state index contributed by atoms with van der Waals surface area (Å²) in [5, 5.41) is 3.29. The molecule has 0 radical (unpaired) electrons. The molecule has 18 heavy (non-hydrogen) atoms. The van der Waals surface area contributed by atoms with Crippen molar-refractivity contribution in [1.29, 1.82) is 0 Å². The second-order valence-electron chi connectivity index (χ2n) is 4.39. The molecule has 3 aromatic heterocycles. The number of fused-ring (bicyclic) bond motifs is 2. The van der Waals surface area contributed by atoms with Gasteiger partial charge in [-0.05, 0) is 13.0 Å². The first-order chi connectivity index (χ1) is 8.83. The number of aromatic nitrogens is 3. The fraction of sp³-hybridized carbons (Fsp3) is 0.0714. The Hall–Kier alpha value is -2.07. The molecule has 4 rings (SSSR count). The average molecular weight is 253 g/mol. The Kier molecular flexibility index (Phi) is 1.91. The van der Waals surface area contributed by atoms with E-state index in [0.29, 0.717) is 0 Å². The number of aryl methyl sites for hydroxylation is 1. The molecule has 0 aliphatic rings. The van der Waals surface area contributed by atoms with Crippen molar-refractivity contribution in [3.8, 4) is 11.3 Å². The van der Waals surface area contributed by atoms with E-state index in [4.69, 9.17) is 0 Å². The van der Waals surface area contributed by atoms with Crippen LogP contribution in [0.1, 0.15) is 5.69 Å². The highest BCUT2D eigenvalue weighted by atomic mass is 32.1. The normalized spacial score (nSPS) is 11.6. The zero-order chi connectivity index (χ0) is 12.1. The molecular formula is C14H11N3S. The molecule has 3 nitrogen and oxygen atoms in total. The van der Waals surface area contributed by atoms with Crippen molar-refractivity contribution in [3.05, 3.63) is 47.7 Å². The molecule has 0 saturated heterocycles. The Balaban J connectivity index is 2.06. The molecule has 0 bridgehead atoms. The van der Waals surface area contributed by atoms with Gasteiger partial charge in [0.1, 0.15) is 0 Å². The summed E-state index contributed by atoms with van der Waals surface area (Å²) in [5.41, 5.74) is 4.58. The third kappa shape index (κ3) is 1.26. The molecule has 0 atom stereocenters. The summed E-state index contributed by atoms with van der Waals surface area (Å²) in [4.78, 5) is 9.14. The van der Waals surface area contributed by atoms with Crippen molar-refractivity contribution < 1.29 is 0 Å². The molecule has 0 aliphatic heterocycles. The number of benzene rings is 1. The van der Waals surface area contributed by atoms with Crippen molar-refractivity contribution in [3.63, 3.8) is 0 Å². The topological polar surface area (TPSA) is 33.1 Å². The van der Waals surface area contributed by atoms with Gasteiger partial charge in [0.25, 0.3) is 0 Å². The molecule has 3 heterocycles. The summed E-state index contributed by atoms with van der Waals surface area (Å²) in [7, 11) is 0. The van der Waals surface area contributed by atoms with E-state index >= 15 is 0 Å². The highest BCUT2D eigenvalue weighted by Crippen LogP contribution is 2.31. The van der Waals surface area contributed by atoms with E-state index in [1.807, 2.05) is 17.6 Å². The minimum Gasteiger partial charge on any atom is -0.358 e. The van der Waals surface area contributed by atoms with Crippen LogP contribution in [-0.2, 0) is 0 Å². The van der Waals surface area contributed by atoms with Crippen molar-refractivity contribution in [2.45, 2.75) is 6.92 Å². The summed E-state index contributed by atoms with van der Waals surface area (Å²) in [6, 6.07) is 8.36. The first-order valence-electron chi connectivity index (χ1n) is 5.83. The van der Waals surface area contributed by atoms with Gasteiger partial charge in [-0.3, -0.25) is 4.40 Å². The van der Waals surface area contributed by atoms with Crippen molar-refractivity contribution in [2.24, 2.45) is 0 Å². The van der Waals surface area contributed by atoms with Crippen LogP contribution < -0.4 is 0 Å². The lowest BCUT2D eigenvalue weighted by Crippen LogP contribution is -1.78. The lowest BCUT2D eigenvalue weighted by Gasteiger charge is -1.95. The summed E-state index contributed by atoms with van der Waals surface area (Å²) in [6.45, 7) is 2.10. The predicted molar refractivity (Wildman–Crippen MR) is 75.1 cm³/mol. The molecule has 0 amide bonds. The van der Waals surface area contributed by atoms with Crippen LogP contribution in [0.2, 0.25) is 0 Å². The lowest BCUT2D eigenvalue weighted by atomic mass is 10.1. The van der Waals surface area contributed by atoms with Crippen molar-refractivity contribution in [1.82, 2.24) is 14.4 Å². The van der Waals surface area contributed by atoms with Gasteiger partial charge in [0.2, 0.25) is 0 Å². The third-order valence-electron chi connectivity index (χ3n) is 3.24. The van der Waals surface area contributed by atoms with Gasteiger partial charge in [0.05, 0.1) is 5.69 Å². The molecule has 4 aromatic rings. The number of imidazole rings is 1. The number of hydrogen-bond acceptors (Lipinski definition) is 2. The summed E-state index contributed by atoms with van der Waals surface area (Å²) < 4.78 is 2.07. The number of nitrogens with one attached hydrogen (secondary N) is 1. The molecule has 0 aliphatic carbocycles. The monoisotopic (exact) mass is 253 g/mol. The number of thiazole rings is 1. The SMILES string of the molecule is Cc1[nH]c2ccccc2c1-c1cn2ccsc2n1. The lowest BCUT2D eigenvalue weighted by molar-refractivity contribution is 1.23. The first kappa shape index (κ1) is 9.91. The minimum absolute atomic E-state index is 1.04. The number of nitrogens with zero attached hydrogens (tertiary/aromatic N) is 2. The van der Waals surface area contributed by atoms with E-state index in [9.17, 15) is 0 Å². The summed E-state index contributed by atoms with van der Waals surface area (Å²) >= 11 is 1.66. The standard InChI is InChI=1S/C14H11N3S/c1-9-13(10-4-2-3-5-11(10)15-9)12-8-17-6-7-18-14(17)16-12/h2-8,15H,1H3. The van der Waals surface area contributed by atoms with Gasteiger partial charge in [0, 0.05) is 39.9 Å². The molecule has 0 unspecified atom stereocenters. The highest BCUT2D eigenvalue weighted by Gasteiger charge is 2.13. The molecule has 0 spiro atoms. The maximum Gasteiger partial charge on any atom is 0.194 e. The molecule has 88 valence electrons. The largest absolute Gasteiger partial charge is 0.358 e.